The number of furan rings is 1. The second kappa shape index (κ2) is 6.43. The quantitative estimate of drug-likeness (QED) is 0.770. The second-order valence-corrected chi connectivity index (χ2v) is 5.76. The van der Waals surface area contributed by atoms with Gasteiger partial charge in [0, 0.05) is 18.7 Å². The van der Waals surface area contributed by atoms with Gasteiger partial charge in [-0.3, -0.25) is 14.9 Å². The zero-order chi connectivity index (χ0) is 18.1. The van der Waals surface area contributed by atoms with Crippen LogP contribution in [0.2, 0.25) is 0 Å². The molecule has 1 aliphatic heterocycles. The summed E-state index contributed by atoms with van der Waals surface area (Å²) in [5.74, 6) is -1.06. The Labute approximate surface area is 146 Å². The maximum absolute atomic E-state index is 13.0. The summed E-state index contributed by atoms with van der Waals surface area (Å²) in [6.45, 7) is 0.190. The Morgan fingerprint density at radius 2 is 2.04 bits per heavy atom. The van der Waals surface area contributed by atoms with E-state index in [1.807, 2.05) is 0 Å². The molecule has 26 heavy (non-hydrogen) atoms. The number of halogens is 1. The van der Waals surface area contributed by atoms with Gasteiger partial charge in [-0.05, 0) is 36.4 Å². The van der Waals surface area contributed by atoms with Gasteiger partial charge in [-0.25, -0.2) is 4.39 Å². The topological polar surface area (TPSA) is 101 Å². The van der Waals surface area contributed by atoms with Gasteiger partial charge in [-0.2, -0.15) is 0 Å². The van der Waals surface area contributed by atoms with Crippen molar-refractivity contribution in [2.45, 2.75) is 6.42 Å². The fraction of sp³-hybridized carbons (Fsp3) is 0.176. The molecule has 1 aliphatic rings. The van der Waals surface area contributed by atoms with Crippen molar-refractivity contribution in [2.24, 2.45) is 5.92 Å². The molecule has 2 aromatic heterocycles. The molecule has 3 aromatic rings. The van der Waals surface area contributed by atoms with Crippen molar-refractivity contribution in [3.63, 3.8) is 0 Å². The first-order chi connectivity index (χ1) is 12.6. The van der Waals surface area contributed by atoms with Gasteiger partial charge in [0.1, 0.15) is 5.82 Å². The number of nitrogens with one attached hydrogen (secondary N) is 1. The second-order valence-electron chi connectivity index (χ2n) is 5.76. The van der Waals surface area contributed by atoms with Crippen molar-refractivity contribution in [1.29, 1.82) is 0 Å². The molecule has 0 aliphatic carbocycles. The summed E-state index contributed by atoms with van der Waals surface area (Å²) in [5, 5.41) is 10.0. The van der Waals surface area contributed by atoms with Crippen molar-refractivity contribution in [3.05, 3.63) is 48.5 Å². The van der Waals surface area contributed by atoms with E-state index in [2.05, 4.69) is 15.5 Å². The lowest BCUT2D eigenvalue weighted by atomic mass is 10.1. The SMILES string of the molecule is O=C(Nc1nnc(-c2ccco2)o1)C1CC(=O)N(c2ccc(F)cc2)C1. The molecule has 2 amide bonds. The maximum Gasteiger partial charge on any atom is 0.322 e. The highest BCUT2D eigenvalue weighted by atomic mass is 19.1. The number of benzene rings is 1. The van der Waals surface area contributed by atoms with Crippen LogP contribution in [0.1, 0.15) is 6.42 Å². The normalized spacial score (nSPS) is 16.9. The van der Waals surface area contributed by atoms with Gasteiger partial charge < -0.3 is 13.7 Å². The molecule has 0 saturated carbocycles. The fourth-order valence-corrected chi connectivity index (χ4v) is 2.73. The maximum atomic E-state index is 13.0. The van der Waals surface area contributed by atoms with Gasteiger partial charge in [0.25, 0.3) is 5.89 Å². The highest BCUT2D eigenvalue weighted by Crippen LogP contribution is 2.26. The van der Waals surface area contributed by atoms with Crippen LogP contribution in [0.15, 0.2) is 51.5 Å². The van der Waals surface area contributed by atoms with E-state index >= 15 is 0 Å². The number of nitrogens with zero attached hydrogens (tertiary/aromatic N) is 3. The predicted octanol–water partition coefficient (Wildman–Crippen LogP) is 2.46. The summed E-state index contributed by atoms with van der Waals surface area (Å²) >= 11 is 0. The highest BCUT2D eigenvalue weighted by molar-refractivity contribution is 6.02. The number of aromatic nitrogens is 2. The Bertz CT molecular complexity index is 936. The molecule has 1 N–H and O–H groups in total. The molecular weight excluding hydrogens is 343 g/mol. The number of hydrogen-bond acceptors (Lipinski definition) is 6. The van der Waals surface area contributed by atoms with Gasteiger partial charge in [0.2, 0.25) is 11.8 Å². The molecule has 0 radical (unpaired) electrons. The Balaban J connectivity index is 1.43. The minimum atomic E-state index is -0.577. The first-order valence-corrected chi connectivity index (χ1v) is 7.84. The molecule has 3 heterocycles. The van der Waals surface area contributed by atoms with Crippen LogP contribution in [-0.2, 0) is 9.59 Å². The van der Waals surface area contributed by atoms with Crippen LogP contribution in [0, 0.1) is 11.7 Å². The largest absolute Gasteiger partial charge is 0.459 e. The summed E-state index contributed by atoms with van der Waals surface area (Å²) < 4.78 is 23.5. The first-order valence-electron chi connectivity index (χ1n) is 7.84. The van der Waals surface area contributed by atoms with E-state index in [0.717, 1.165) is 0 Å². The number of hydrogen-bond donors (Lipinski definition) is 1. The van der Waals surface area contributed by atoms with Crippen molar-refractivity contribution in [1.82, 2.24) is 10.2 Å². The van der Waals surface area contributed by atoms with E-state index in [9.17, 15) is 14.0 Å². The molecule has 1 aromatic carbocycles. The molecule has 8 nitrogen and oxygen atoms in total. The molecule has 1 fully saturated rings. The monoisotopic (exact) mass is 356 g/mol. The number of anilines is 2. The van der Waals surface area contributed by atoms with Gasteiger partial charge in [0.05, 0.1) is 12.2 Å². The van der Waals surface area contributed by atoms with Crippen LogP contribution in [0.3, 0.4) is 0 Å². The van der Waals surface area contributed by atoms with E-state index in [0.29, 0.717) is 11.4 Å². The lowest BCUT2D eigenvalue weighted by Crippen LogP contribution is -2.28. The lowest BCUT2D eigenvalue weighted by Gasteiger charge is -2.16. The molecular formula is C17H13FN4O4. The number of carbonyl (C=O) groups is 2. The molecule has 132 valence electrons. The summed E-state index contributed by atoms with van der Waals surface area (Å²) in [4.78, 5) is 26.0. The van der Waals surface area contributed by atoms with Crippen molar-refractivity contribution in [3.8, 4) is 11.7 Å². The number of amides is 2. The summed E-state index contributed by atoms with van der Waals surface area (Å²) in [6, 6.07) is 8.79. The standard InChI is InChI=1S/C17H13FN4O4/c18-11-3-5-12(6-4-11)22-9-10(8-14(22)23)15(24)19-17-21-20-16(26-17)13-2-1-7-25-13/h1-7,10H,8-9H2,(H,19,21,24). The Hall–Kier alpha value is -3.49. The molecule has 0 spiro atoms. The van der Waals surface area contributed by atoms with Crippen LogP contribution < -0.4 is 10.2 Å². The summed E-state index contributed by atoms with van der Waals surface area (Å²) in [5.41, 5.74) is 0.546. The third-order valence-corrected chi connectivity index (χ3v) is 4.02. The minimum absolute atomic E-state index is 0.0440. The Kier molecular flexibility index (Phi) is 3.96. The Morgan fingerprint density at radius 3 is 2.77 bits per heavy atom. The number of rotatable bonds is 4. The zero-order valence-electron chi connectivity index (χ0n) is 13.4. The highest BCUT2D eigenvalue weighted by Gasteiger charge is 2.35. The third kappa shape index (κ3) is 3.06. The van der Waals surface area contributed by atoms with Crippen LogP contribution >= 0.6 is 0 Å². The molecule has 9 heteroatoms. The lowest BCUT2D eigenvalue weighted by molar-refractivity contribution is -0.122. The van der Waals surface area contributed by atoms with Crippen LogP contribution in [0.5, 0.6) is 0 Å². The average molecular weight is 356 g/mol. The van der Waals surface area contributed by atoms with Gasteiger partial charge in [0.15, 0.2) is 5.76 Å². The van der Waals surface area contributed by atoms with E-state index in [4.69, 9.17) is 8.83 Å². The summed E-state index contributed by atoms with van der Waals surface area (Å²) in [6.07, 6.45) is 1.51. The van der Waals surface area contributed by atoms with E-state index < -0.39 is 17.6 Å². The zero-order valence-corrected chi connectivity index (χ0v) is 13.4. The molecule has 0 bridgehead atoms. The molecule has 1 saturated heterocycles. The van der Waals surface area contributed by atoms with E-state index in [1.165, 1.54) is 35.4 Å². The van der Waals surface area contributed by atoms with Gasteiger partial charge in [-0.1, -0.05) is 5.10 Å². The van der Waals surface area contributed by atoms with Crippen molar-refractivity contribution >= 4 is 23.5 Å². The van der Waals surface area contributed by atoms with Crippen molar-refractivity contribution in [2.75, 3.05) is 16.8 Å². The molecule has 1 unspecified atom stereocenters. The van der Waals surface area contributed by atoms with Gasteiger partial charge >= 0.3 is 6.01 Å². The molecule has 1 atom stereocenters. The molecule has 4 rings (SSSR count). The predicted molar refractivity (Wildman–Crippen MR) is 87.5 cm³/mol. The third-order valence-electron chi connectivity index (χ3n) is 4.02. The van der Waals surface area contributed by atoms with Crippen LogP contribution in [0.25, 0.3) is 11.7 Å². The van der Waals surface area contributed by atoms with Crippen LogP contribution in [-0.4, -0.2) is 28.6 Å². The first kappa shape index (κ1) is 16.0. The fourth-order valence-electron chi connectivity index (χ4n) is 2.73. The minimum Gasteiger partial charge on any atom is -0.459 e. The van der Waals surface area contributed by atoms with E-state index in [-0.39, 0.29) is 30.8 Å². The smallest absolute Gasteiger partial charge is 0.322 e. The number of carbonyl (C=O) groups excluding carboxylic acids is 2. The van der Waals surface area contributed by atoms with E-state index in [1.54, 1.807) is 12.1 Å². The average Bonchev–Trinajstić information content (AvgIpc) is 3.36. The van der Waals surface area contributed by atoms with Crippen LogP contribution in [0.4, 0.5) is 16.1 Å². The Morgan fingerprint density at radius 1 is 1.23 bits per heavy atom. The summed E-state index contributed by atoms with van der Waals surface area (Å²) in [7, 11) is 0. The van der Waals surface area contributed by atoms with Crippen molar-refractivity contribution < 1.29 is 22.8 Å². The van der Waals surface area contributed by atoms with Gasteiger partial charge in [-0.15, -0.1) is 5.10 Å².